The van der Waals surface area contributed by atoms with Gasteiger partial charge in [0.1, 0.15) is 0 Å². The molecular formula is C46H26N4O2. The minimum atomic E-state index is -0.401. The molecule has 0 saturated heterocycles. The summed E-state index contributed by atoms with van der Waals surface area (Å²) in [6.45, 7) is 7.41. The summed E-state index contributed by atoms with van der Waals surface area (Å²) < 4.78 is 2.04. The second kappa shape index (κ2) is 12.1. The van der Waals surface area contributed by atoms with Crippen molar-refractivity contribution in [2.45, 2.75) is 0 Å². The van der Waals surface area contributed by atoms with Gasteiger partial charge < -0.3 is 4.57 Å². The number of hydrogen-bond acceptors (Lipinski definition) is 3. The molecule has 0 aliphatic carbocycles. The molecule has 0 unspecified atom stereocenters. The summed E-state index contributed by atoms with van der Waals surface area (Å²) in [6.07, 6.45) is 0. The van der Waals surface area contributed by atoms with Gasteiger partial charge in [0, 0.05) is 21.9 Å². The zero-order valence-corrected chi connectivity index (χ0v) is 27.6. The minimum Gasteiger partial charge on any atom is -0.308 e. The Kier molecular flexibility index (Phi) is 7.10. The van der Waals surface area contributed by atoms with E-state index in [2.05, 4.69) is 10.9 Å². The number of para-hydroxylation sites is 1. The maximum Gasteiger partial charge on any atom is 0.268 e. The third-order valence-corrected chi connectivity index (χ3v) is 9.80. The summed E-state index contributed by atoms with van der Waals surface area (Å²) in [5.74, 6) is -0.786. The van der Waals surface area contributed by atoms with Crippen molar-refractivity contribution in [3.63, 3.8) is 0 Å². The van der Waals surface area contributed by atoms with Crippen molar-refractivity contribution in [3.05, 3.63) is 186 Å². The number of nitriles is 1. The molecule has 6 heteroatoms. The highest BCUT2D eigenvalue weighted by molar-refractivity contribution is 6.36. The Morgan fingerprint density at radius 2 is 1.21 bits per heavy atom. The number of anilines is 1. The number of nitrogens with zero attached hydrogens (tertiary/aromatic N) is 4. The Morgan fingerprint density at radius 3 is 1.98 bits per heavy atom. The first kappa shape index (κ1) is 30.5. The fraction of sp³-hybridized carbons (Fsp3) is 0. The molecule has 0 saturated carbocycles. The average Bonchev–Trinajstić information content (AvgIpc) is 3.67. The first-order valence-electron chi connectivity index (χ1n) is 16.8. The van der Waals surface area contributed by atoms with Crippen molar-refractivity contribution in [1.82, 2.24) is 4.57 Å². The van der Waals surface area contributed by atoms with E-state index in [1.165, 1.54) is 4.90 Å². The summed E-state index contributed by atoms with van der Waals surface area (Å²) in [7, 11) is 0. The molecule has 0 N–H and O–H groups in total. The molecule has 6 nitrogen and oxygen atoms in total. The smallest absolute Gasteiger partial charge is 0.268 e. The monoisotopic (exact) mass is 666 g/mol. The van der Waals surface area contributed by atoms with Crippen LogP contribution in [0.4, 0.5) is 11.4 Å². The van der Waals surface area contributed by atoms with Crippen LogP contribution in [0.1, 0.15) is 26.3 Å². The van der Waals surface area contributed by atoms with Crippen LogP contribution in [0.5, 0.6) is 0 Å². The van der Waals surface area contributed by atoms with Crippen molar-refractivity contribution < 1.29 is 9.59 Å². The van der Waals surface area contributed by atoms with Gasteiger partial charge in [-0.3, -0.25) is 9.59 Å². The van der Waals surface area contributed by atoms with Crippen molar-refractivity contribution in [2.24, 2.45) is 0 Å². The van der Waals surface area contributed by atoms with Gasteiger partial charge >= 0.3 is 0 Å². The molecule has 0 fully saturated rings. The van der Waals surface area contributed by atoms with Crippen LogP contribution >= 0.6 is 0 Å². The zero-order valence-electron chi connectivity index (χ0n) is 27.6. The second-order valence-corrected chi connectivity index (χ2v) is 12.6. The molecule has 9 rings (SSSR count). The van der Waals surface area contributed by atoms with Crippen LogP contribution in [0.2, 0.25) is 0 Å². The Balaban J connectivity index is 1.26. The minimum absolute atomic E-state index is 0.323. The van der Waals surface area contributed by atoms with Gasteiger partial charge in [0.15, 0.2) is 5.69 Å². The molecule has 2 heterocycles. The van der Waals surface area contributed by atoms with Crippen LogP contribution < -0.4 is 4.90 Å². The summed E-state index contributed by atoms with van der Waals surface area (Å²) in [6, 6.07) is 52.4. The zero-order chi connectivity index (χ0) is 35.3. The van der Waals surface area contributed by atoms with Gasteiger partial charge in [-0.05, 0) is 64.2 Å². The highest BCUT2D eigenvalue weighted by atomic mass is 16.2. The fourth-order valence-electron chi connectivity index (χ4n) is 7.41. The molecule has 0 radical (unpaired) electrons. The predicted octanol–water partition coefficient (Wildman–Crippen LogP) is 11.0. The molecule has 2 amide bonds. The highest BCUT2D eigenvalue weighted by Gasteiger charge is 2.40. The lowest BCUT2D eigenvalue weighted by molar-refractivity contribution is 0.0926. The predicted molar refractivity (Wildman–Crippen MR) is 206 cm³/mol. The van der Waals surface area contributed by atoms with Crippen molar-refractivity contribution in [3.8, 4) is 45.1 Å². The first-order valence-corrected chi connectivity index (χ1v) is 16.8. The number of imide groups is 1. The molecule has 0 bridgehead atoms. The van der Waals surface area contributed by atoms with E-state index in [-0.39, 0.29) is 5.91 Å². The van der Waals surface area contributed by atoms with Gasteiger partial charge in [-0.25, -0.2) is 9.74 Å². The highest BCUT2D eigenvalue weighted by Crippen LogP contribution is 2.42. The molecule has 1 aromatic heterocycles. The lowest BCUT2D eigenvalue weighted by Gasteiger charge is -2.20. The molecule has 7 aromatic carbocycles. The number of carbonyl (C=O) groups is 2. The van der Waals surface area contributed by atoms with Gasteiger partial charge in [0.25, 0.3) is 11.8 Å². The molecular weight excluding hydrogens is 641 g/mol. The molecule has 1 aliphatic heterocycles. The van der Waals surface area contributed by atoms with E-state index in [0.29, 0.717) is 39.3 Å². The molecule has 0 spiro atoms. The van der Waals surface area contributed by atoms with Crippen molar-refractivity contribution in [2.75, 3.05) is 4.90 Å². The van der Waals surface area contributed by atoms with E-state index in [1.807, 2.05) is 138 Å². The quantitative estimate of drug-likeness (QED) is 0.136. The summed E-state index contributed by atoms with van der Waals surface area (Å²) >= 11 is 0. The Morgan fingerprint density at radius 1 is 0.519 bits per heavy atom. The molecule has 0 atom stereocenters. The van der Waals surface area contributed by atoms with Gasteiger partial charge in [0.05, 0.1) is 46.2 Å². The number of carbonyl (C=O) groups excluding carboxylic acids is 2. The number of amides is 2. The van der Waals surface area contributed by atoms with E-state index in [4.69, 9.17) is 6.57 Å². The largest absolute Gasteiger partial charge is 0.308 e. The summed E-state index contributed by atoms with van der Waals surface area (Å²) in [4.78, 5) is 34.2. The maximum absolute atomic E-state index is 14.9. The molecule has 8 aromatic rings. The van der Waals surface area contributed by atoms with E-state index < -0.39 is 5.91 Å². The van der Waals surface area contributed by atoms with Crippen LogP contribution in [-0.2, 0) is 0 Å². The van der Waals surface area contributed by atoms with E-state index in [1.54, 1.807) is 24.3 Å². The lowest BCUT2D eigenvalue weighted by Crippen LogP contribution is -2.30. The van der Waals surface area contributed by atoms with Crippen LogP contribution in [0.25, 0.3) is 65.7 Å². The van der Waals surface area contributed by atoms with E-state index >= 15 is 0 Å². The van der Waals surface area contributed by atoms with Crippen LogP contribution in [0.3, 0.4) is 0 Å². The third-order valence-electron chi connectivity index (χ3n) is 9.80. The van der Waals surface area contributed by atoms with Gasteiger partial charge in [-0.1, -0.05) is 121 Å². The number of rotatable bonds is 5. The van der Waals surface area contributed by atoms with Crippen LogP contribution in [0.15, 0.2) is 158 Å². The topological polar surface area (TPSA) is 70.5 Å². The average molecular weight is 667 g/mol. The van der Waals surface area contributed by atoms with Gasteiger partial charge in [-0.15, -0.1) is 0 Å². The fourth-order valence-corrected chi connectivity index (χ4v) is 7.41. The van der Waals surface area contributed by atoms with Gasteiger partial charge in [0.2, 0.25) is 0 Å². The lowest BCUT2D eigenvalue weighted by atomic mass is 9.97. The second-order valence-electron chi connectivity index (χ2n) is 12.6. The standard InChI is InChI=1S/C46H26N4O2/c1-48-34-21-24-35(33(25-34)28-47)32-20-23-38-37-15-8-9-17-40(37)49(43(38)27-32)41-18-10-16-39-44(41)46(52)50(45(39)51)42-26-31(29-11-4-2-5-12-29)19-22-36(42)30-13-6-3-7-14-30/h2-27H. The normalized spacial score (nSPS) is 12.2. The molecule has 52 heavy (non-hydrogen) atoms. The molecule has 242 valence electrons. The number of fused-ring (bicyclic) bond motifs is 4. The first-order chi connectivity index (χ1) is 25.6. The number of benzene rings is 7. The van der Waals surface area contributed by atoms with E-state index in [9.17, 15) is 14.9 Å². The van der Waals surface area contributed by atoms with Crippen LogP contribution in [-0.4, -0.2) is 16.4 Å². The Bertz CT molecular complexity index is 2860. The van der Waals surface area contributed by atoms with Crippen LogP contribution in [0, 0.1) is 17.9 Å². The third kappa shape index (κ3) is 4.71. The SMILES string of the molecule is [C-]#[N+]c1ccc(-c2ccc3c4ccccc4n(-c4cccc5c4C(=O)N(c4cc(-c6ccccc6)ccc4-c4ccccc4)C5=O)c3c2)c(C#N)c1. The maximum atomic E-state index is 14.9. The summed E-state index contributed by atoms with van der Waals surface area (Å²) in [5, 5.41) is 11.9. The van der Waals surface area contributed by atoms with E-state index in [0.717, 1.165) is 49.6 Å². The van der Waals surface area contributed by atoms with Gasteiger partial charge in [-0.2, -0.15) is 5.26 Å². The number of hydrogen-bond donors (Lipinski definition) is 0. The Labute approximate surface area is 299 Å². The Hall–Kier alpha value is -7.54. The van der Waals surface area contributed by atoms with Crippen molar-refractivity contribution >= 4 is 45.0 Å². The van der Waals surface area contributed by atoms with Crippen molar-refractivity contribution in [1.29, 1.82) is 5.26 Å². The number of aromatic nitrogens is 1. The molecule has 1 aliphatic rings. The summed E-state index contributed by atoms with van der Waals surface area (Å²) in [5.41, 5.74) is 9.29.